The Balaban J connectivity index is 2.01. The molecule has 0 radical (unpaired) electrons. The fourth-order valence-electron chi connectivity index (χ4n) is 2.51. The van der Waals surface area contributed by atoms with E-state index < -0.39 is 10.5 Å². The molecule has 1 fully saturated rings. The van der Waals surface area contributed by atoms with Crippen LogP contribution in [0, 0.1) is 15.5 Å². The molecule has 2 rings (SSSR count). The fraction of sp³-hybridized carbons (Fsp3) is 0.643. The number of rotatable bonds is 4. The Morgan fingerprint density at radius 3 is 2.65 bits per heavy atom. The van der Waals surface area contributed by atoms with Gasteiger partial charge in [0.05, 0.1) is 10.5 Å². The average molecular weight is 279 g/mol. The molecule has 20 heavy (non-hydrogen) atoms. The van der Waals surface area contributed by atoms with Crippen LogP contribution in [-0.2, 0) is 0 Å². The number of anilines is 1. The van der Waals surface area contributed by atoms with Crippen molar-refractivity contribution in [2.24, 2.45) is 5.41 Å². The van der Waals surface area contributed by atoms with Gasteiger partial charge in [-0.25, -0.2) is 0 Å². The topological polar surface area (TPSA) is 88.3 Å². The van der Waals surface area contributed by atoms with Crippen LogP contribution in [0.15, 0.2) is 18.5 Å². The van der Waals surface area contributed by atoms with Crippen molar-refractivity contribution in [3.63, 3.8) is 0 Å². The summed E-state index contributed by atoms with van der Waals surface area (Å²) >= 11 is 0. The molecule has 0 bridgehead atoms. The van der Waals surface area contributed by atoms with Crippen molar-refractivity contribution in [3.8, 4) is 0 Å². The van der Waals surface area contributed by atoms with Crippen molar-refractivity contribution in [1.82, 2.24) is 4.98 Å². The van der Waals surface area contributed by atoms with Crippen LogP contribution in [0.2, 0.25) is 0 Å². The zero-order chi connectivity index (χ0) is 14.8. The van der Waals surface area contributed by atoms with Gasteiger partial charge in [-0.3, -0.25) is 15.1 Å². The summed E-state index contributed by atoms with van der Waals surface area (Å²) in [5.74, 6) is 0. The van der Waals surface area contributed by atoms with Gasteiger partial charge in [0.15, 0.2) is 0 Å². The smallest absolute Gasteiger partial charge is 0.310 e. The van der Waals surface area contributed by atoms with Crippen molar-refractivity contribution in [2.45, 2.75) is 45.1 Å². The van der Waals surface area contributed by atoms with E-state index in [1.54, 1.807) is 6.07 Å². The Morgan fingerprint density at radius 1 is 1.40 bits per heavy atom. The Bertz CT molecular complexity index is 492. The summed E-state index contributed by atoms with van der Waals surface area (Å²) in [5, 5.41) is 24.4. The van der Waals surface area contributed by atoms with Crippen LogP contribution in [0.1, 0.15) is 39.5 Å². The predicted molar refractivity (Wildman–Crippen MR) is 76.6 cm³/mol. The first-order chi connectivity index (χ1) is 9.31. The standard InChI is InChI=1S/C14H21N3O3/c1-13(2)4-6-14(18,7-5-13)10-16-11-3-8-15-9-12(11)17(19)20/h3,8-9,18H,4-7,10H2,1-2H3,(H,15,16). The minimum absolute atomic E-state index is 0.0627. The van der Waals surface area contributed by atoms with E-state index in [1.807, 2.05) is 0 Å². The molecule has 0 unspecified atom stereocenters. The van der Waals surface area contributed by atoms with Crippen LogP contribution in [0.25, 0.3) is 0 Å². The second-order valence-electron chi connectivity index (χ2n) is 6.39. The van der Waals surface area contributed by atoms with E-state index in [2.05, 4.69) is 24.1 Å². The number of nitrogens with one attached hydrogen (secondary N) is 1. The number of pyridine rings is 1. The minimum Gasteiger partial charge on any atom is -0.388 e. The highest BCUT2D eigenvalue weighted by Gasteiger charge is 2.36. The Hall–Kier alpha value is -1.69. The summed E-state index contributed by atoms with van der Waals surface area (Å²) in [4.78, 5) is 14.2. The molecule has 0 aliphatic heterocycles. The quantitative estimate of drug-likeness (QED) is 0.653. The second-order valence-corrected chi connectivity index (χ2v) is 6.39. The van der Waals surface area contributed by atoms with Gasteiger partial charge in [0, 0.05) is 12.7 Å². The van der Waals surface area contributed by atoms with Gasteiger partial charge in [0.25, 0.3) is 0 Å². The van der Waals surface area contributed by atoms with Gasteiger partial charge in [-0.2, -0.15) is 0 Å². The van der Waals surface area contributed by atoms with Gasteiger partial charge in [-0.05, 0) is 37.2 Å². The third kappa shape index (κ3) is 3.45. The van der Waals surface area contributed by atoms with Crippen molar-refractivity contribution in [1.29, 1.82) is 0 Å². The first-order valence-corrected chi connectivity index (χ1v) is 6.86. The molecule has 1 saturated carbocycles. The highest BCUT2D eigenvalue weighted by atomic mass is 16.6. The molecule has 6 nitrogen and oxygen atoms in total. The van der Waals surface area contributed by atoms with E-state index in [9.17, 15) is 15.2 Å². The van der Waals surface area contributed by atoms with Crippen LogP contribution in [-0.4, -0.2) is 27.2 Å². The minimum atomic E-state index is -0.785. The highest BCUT2D eigenvalue weighted by molar-refractivity contribution is 5.59. The van der Waals surface area contributed by atoms with Crippen molar-refractivity contribution in [3.05, 3.63) is 28.6 Å². The van der Waals surface area contributed by atoms with Gasteiger partial charge in [-0.15, -0.1) is 0 Å². The van der Waals surface area contributed by atoms with Crippen LogP contribution >= 0.6 is 0 Å². The first-order valence-electron chi connectivity index (χ1n) is 6.86. The van der Waals surface area contributed by atoms with E-state index in [1.165, 1.54) is 12.4 Å². The molecule has 2 N–H and O–H groups in total. The van der Waals surface area contributed by atoms with Crippen molar-refractivity contribution >= 4 is 11.4 Å². The molecular formula is C14H21N3O3. The number of aliphatic hydroxyl groups is 1. The monoisotopic (exact) mass is 279 g/mol. The summed E-state index contributed by atoms with van der Waals surface area (Å²) in [5.41, 5.74) is -0.169. The summed E-state index contributed by atoms with van der Waals surface area (Å²) in [6.45, 7) is 4.73. The summed E-state index contributed by atoms with van der Waals surface area (Å²) < 4.78 is 0. The van der Waals surface area contributed by atoms with Crippen LogP contribution < -0.4 is 5.32 Å². The van der Waals surface area contributed by atoms with Crippen molar-refractivity contribution < 1.29 is 10.0 Å². The maximum Gasteiger partial charge on any atom is 0.310 e. The van der Waals surface area contributed by atoms with Crippen LogP contribution in [0.5, 0.6) is 0 Å². The molecule has 6 heteroatoms. The lowest BCUT2D eigenvalue weighted by Crippen LogP contribution is -2.42. The normalized spacial score (nSPS) is 20.4. The van der Waals surface area contributed by atoms with Gasteiger partial charge in [0.2, 0.25) is 0 Å². The average Bonchev–Trinajstić information content (AvgIpc) is 2.41. The molecule has 0 atom stereocenters. The number of hydrogen-bond donors (Lipinski definition) is 2. The predicted octanol–water partition coefficient (Wildman–Crippen LogP) is 2.73. The zero-order valence-corrected chi connectivity index (χ0v) is 11.9. The lowest BCUT2D eigenvalue weighted by molar-refractivity contribution is -0.384. The molecule has 110 valence electrons. The van der Waals surface area contributed by atoms with Crippen molar-refractivity contribution in [2.75, 3.05) is 11.9 Å². The van der Waals surface area contributed by atoms with E-state index in [-0.39, 0.29) is 11.1 Å². The number of aromatic nitrogens is 1. The van der Waals surface area contributed by atoms with Gasteiger partial charge < -0.3 is 10.4 Å². The van der Waals surface area contributed by atoms with Crippen LogP contribution in [0.4, 0.5) is 11.4 Å². The van der Waals surface area contributed by atoms with E-state index in [4.69, 9.17) is 0 Å². The van der Waals surface area contributed by atoms with Gasteiger partial charge in [0.1, 0.15) is 11.9 Å². The van der Waals surface area contributed by atoms with Gasteiger partial charge in [-0.1, -0.05) is 13.8 Å². The van der Waals surface area contributed by atoms with E-state index in [0.29, 0.717) is 25.1 Å². The molecule has 1 aliphatic carbocycles. The Morgan fingerprint density at radius 2 is 2.05 bits per heavy atom. The molecule has 1 heterocycles. The summed E-state index contributed by atoms with van der Waals surface area (Å²) in [6.07, 6.45) is 6.07. The first kappa shape index (κ1) is 14.7. The second kappa shape index (κ2) is 5.36. The lowest BCUT2D eigenvalue weighted by atomic mass is 9.71. The Labute approximate surface area is 118 Å². The maximum atomic E-state index is 10.9. The molecule has 1 aromatic heterocycles. The molecule has 1 aromatic rings. The van der Waals surface area contributed by atoms with Gasteiger partial charge >= 0.3 is 5.69 Å². The molecule has 0 saturated heterocycles. The molecule has 0 spiro atoms. The lowest BCUT2D eigenvalue weighted by Gasteiger charge is -2.40. The molecule has 1 aliphatic rings. The summed E-state index contributed by atoms with van der Waals surface area (Å²) in [7, 11) is 0. The van der Waals surface area contributed by atoms with Crippen LogP contribution in [0.3, 0.4) is 0 Å². The zero-order valence-electron chi connectivity index (χ0n) is 11.9. The third-order valence-corrected chi connectivity index (χ3v) is 4.14. The Kier molecular flexibility index (Phi) is 3.94. The number of nitro groups is 1. The van der Waals surface area contributed by atoms with E-state index in [0.717, 1.165) is 12.8 Å². The maximum absolute atomic E-state index is 10.9. The fourth-order valence-corrected chi connectivity index (χ4v) is 2.51. The summed E-state index contributed by atoms with van der Waals surface area (Å²) in [6, 6.07) is 1.56. The molecule has 0 aromatic carbocycles. The molecular weight excluding hydrogens is 258 g/mol. The van der Waals surface area contributed by atoms with E-state index >= 15 is 0 Å². The molecule has 0 amide bonds. The number of nitrogens with zero attached hydrogens (tertiary/aromatic N) is 2. The largest absolute Gasteiger partial charge is 0.388 e. The third-order valence-electron chi connectivity index (χ3n) is 4.14. The highest BCUT2D eigenvalue weighted by Crippen LogP contribution is 2.40. The number of hydrogen-bond acceptors (Lipinski definition) is 5. The SMILES string of the molecule is CC1(C)CCC(O)(CNc2ccncc2[N+](=O)[O-])CC1.